The van der Waals surface area contributed by atoms with Crippen molar-refractivity contribution in [2.75, 3.05) is 5.32 Å². The van der Waals surface area contributed by atoms with Gasteiger partial charge in [0.1, 0.15) is 18.2 Å². The average Bonchev–Trinajstić information content (AvgIpc) is 2.67. The van der Waals surface area contributed by atoms with E-state index in [9.17, 15) is 9.18 Å². The maximum atomic E-state index is 13.2. The Balaban J connectivity index is 1.77. The molecule has 0 heterocycles. The van der Waals surface area contributed by atoms with Gasteiger partial charge in [-0.25, -0.2) is 9.18 Å². The van der Waals surface area contributed by atoms with E-state index in [1.165, 1.54) is 30.3 Å². The fourth-order valence-corrected chi connectivity index (χ4v) is 3.21. The molecule has 0 saturated heterocycles. The largest absolute Gasteiger partial charge is 0.488 e. The van der Waals surface area contributed by atoms with Crippen molar-refractivity contribution in [1.29, 1.82) is 0 Å². The van der Waals surface area contributed by atoms with Gasteiger partial charge in [0.2, 0.25) is 0 Å². The second-order valence-electron chi connectivity index (χ2n) is 6.13. The molecule has 3 aromatic carbocycles. The summed E-state index contributed by atoms with van der Waals surface area (Å²) < 4.78 is 19.0. The normalized spacial score (nSPS) is 10.6. The highest BCUT2D eigenvalue weighted by Crippen LogP contribution is 2.28. The van der Waals surface area contributed by atoms with Crippen LogP contribution < -0.4 is 10.1 Å². The topological polar surface area (TPSA) is 58.6 Å². The van der Waals surface area contributed by atoms with Crippen molar-refractivity contribution >= 4 is 46.5 Å². The molecule has 0 aliphatic heterocycles. The van der Waals surface area contributed by atoms with Crippen LogP contribution in [0, 0.1) is 5.82 Å². The number of carboxylic acids is 1. The summed E-state index contributed by atoms with van der Waals surface area (Å²) in [6.45, 7) is 0.429. The molecule has 0 spiro atoms. The molecule has 0 aliphatic carbocycles. The van der Waals surface area contributed by atoms with E-state index >= 15 is 0 Å². The summed E-state index contributed by atoms with van der Waals surface area (Å²) in [6.07, 6.45) is 0. The van der Waals surface area contributed by atoms with Crippen molar-refractivity contribution in [2.24, 2.45) is 0 Å². The van der Waals surface area contributed by atoms with E-state index in [-0.39, 0.29) is 23.7 Å². The first-order valence-corrected chi connectivity index (χ1v) is 9.59. The second-order valence-corrected chi connectivity index (χ2v) is 7.38. The molecule has 3 rings (SSSR count). The molecule has 29 heavy (non-hydrogen) atoms. The van der Waals surface area contributed by atoms with Crippen LogP contribution in [0.1, 0.15) is 21.5 Å². The van der Waals surface area contributed by atoms with Crippen LogP contribution in [-0.4, -0.2) is 11.1 Å². The Labute approximate surface area is 181 Å². The van der Waals surface area contributed by atoms with Crippen LogP contribution in [0.5, 0.6) is 5.75 Å². The molecule has 4 nitrogen and oxygen atoms in total. The number of carboxylic acid groups (broad SMARTS) is 1. The number of hydrogen-bond acceptors (Lipinski definition) is 3. The maximum absolute atomic E-state index is 13.2. The molecule has 3 aromatic rings. The lowest BCUT2D eigenvalue weighted by Crippen LogP contribution is -2.05. The summed E-state index contributed by atoms with van der Waals surface area (Å²) in [5.74, 6) is -0.920. The molecular weight excluding hydrogens is 440 g/mol. The molecular formula is C21H15Cl3FNO3. The Bertz CT molecular complexity index is 1060. The first-order valence-electron chi connectivity index (χ1n) is 8.45. The molecule has 0 unspecified atom stereocenters. The minimum absolute atomic E-state index is 0.116. The summed E-state index contributed by atoms with van der Waals surface area (Å²) in [4.78, 5) is 11.2. The molecule has 150 valence electrons. The number of anilines is 1. The van der Waals surface area contributed by atoms with Gasteiger partial charge in [0.25, 0.3) is 0 Å². The van der Waals surface area contributed by atoms with Crippen molar-refractivity contribution in [3.8, 4) is 5.75 Å². The fraction of sp³-hybridized carbons (Fsp3) is 0.0952. The lowest BCUT2D eigenvalue weighted by molar-refractivity contribution is 0.0697. The van der Waals surface area contributed by atoms with E-state index in [2.05, 4.69) is 5.32 Å². The van der Waals surface area contributed by atoms with Crippen molar-refractivity contribution < 1.29 is 19.0 Å². The maximum Gasteiger partial charge on any atom is 0.335 e. The standard InChI is InChI=1S/C21H15Cl3FNO3/c22-15-3-6-20(29-11-13-1-4-16(25)9-18(13)24)14(7-15)10-26-19-8-12(21(27)28)2-5-17(19)23/h1-9,26H,10-11H2,(H,27,28). The number of benzene rings is 3. The predicted molar refractivity (Wildman–Crippen MR) is 113 cm³/mol. The summed E-state index contributed by atoms with van der Waals surface area (Å²) in [6, 6.07) is 13.6. The Kier molecular flexibility index (Phi) is 6.85. The second kappa shape index (κ2) is 9.35. The van der Waals surface area contributed by atoms with Crippen LogP contribution >= 0.6 is 34.8 Å². The van der Waals surface area contributed by atoms with Crippen LogP contribution in [0.15, 0.2) is 54.6 Å². The number of carbonyl (C=O) groups is 1. The molecule has 0 radical (unpaired) electrons. The third-order valence-corrected chi connectivity index (χ3v) is 5.02. The Morgan fingerprint density at radius 3 is 2.48 bits per heavy atom. The molecule has 0 amide bonds. The fourth-order valence-electron chi connectivity index (χ4n) is 2.61. The zero-order valence-electron chi connectivity index (χ0n) is 14.9. The van der Waals surface area contributed by atoms with Crippen molar-refractivity contribution in [3.05, 3.63) is 92.2 Å². The third kappa shape index (κ3) is 5.54. The van der Waals surface area contributed by atoms with Crippen LogP contribution in [0.25, 0.3) is 0 Å². The van der Waals surface area contributed by atoms with Gasteiger partial charge in [-0.3, -0.25) is 0 Å². The van der Waals surface area contributed by atoms with Gasteiger partial charge < -0.3 is 15.2 Å². The number of ether oxygens (including phenoxy) is 1. The minimum atomic E-state index is -1.05. The smallest absolute Gasteiger partial charge is 0.335 e. The number of aromatic carboxylic acids is 1. The van der Waals surface area contributed by atoms with Crippen molar-refractivity contribution in [1.82, 2.24) is 0 Å². The molecule has 8 heteroatoms. The first kappa shape index (κ1) is 21.2. The number of rotatable bonds is 7. The first-order chi connectivity index (χ1) is 13.8. The van der Waals surface area contributed by atoms with Gasteiger partial charge in [-0.15, -0.1) is 0 Å². The molecule has 0 atom stereocenters. The molecule has 0 fully saturated rings. The Hall–Kier alpha value is -2.47. The highest BCUT2D eigenvalue weighted by molar-refractivity contribution is 6.33. The highest BCUT2D eigenvalue weighted by atomic mass is 35.5. The van der Waals surface area contributed by atoms with Crippen molar-refractivity contribution in [2.45, 2.75) is 13.2 Å². The van der Waals surface area contributed by atoms with E-state index in [1.807, 2.05) is 0 Å². The van der Waals surface area contributed by atoms with Gasteiger partial charge in [0.15, 0.2) is 0 Å². The van der Waals surface area contributed by atoms with Gasteiger partial charge in [-0.1, -0.05) is 40.9 Å². The highest BCUT2D eigenvalue weighted by Gasteiger charge is 2.11. The summed E-state index contributed by atoms with van der Waals surface area (Å²) in [5, 5.41) is 13.4. The van der Waals surface area contributed by atoms with Crippen LogP contribution in [0.4, 0.5) is 10.1 Å². The van der Waals surface area contributed by atoms with Gasteiger partial charge in [0, 0.05) is 22.7 Å². The van der Waals surface area contributed by atoms with E-state index < -0.39 is 11.8 Å². The Morgan fingerprint density at radius 2 is 1.76 bits per heavy atom. The Morgan fingerprint density at radius 1 is 0.966 bits per heavy atom. The quantitative estimate of drug-likeness (QED) is 0.418. The monoisotopic (exact) mass is 453 g/mol. The number of nitrogens with one attached hydrogen (secondary N) is 1. The zero-order valence-corrected chi connectivity index (χ0v) is 17.2. The van der Waals surface area contributed by atoms with E-state index in [4.69, 9.17) is 44.6 Å². The van der Waals surface area contributed by atoms with Crippen molar-refractivity contribution in [3.63, 3.8) is 0 Å². The molecule has 2 N–H and O–H groups in total. The van der Waals surface area contributed by atoms with Gasteiger partial charge >= 0.3 is 5.97 Å². The lowest BCUT2D eigenvalue weighted by Gasteiger charge is -2.15. The summed E-state index contributed by atoms with van der Waals surface area (Å²) in [7, 11) is 0. The third-order valence-electron chi connectivity index (χ3n) is 4.10. The summed E-state index contributed by atoms with van der Waals surface area (Å²) >= 11 is 18.3. The molecule has 0 saturated carbocycles. The summed E-state index contributed by atoms with van der Waals surface area (Å²) in [5.41, 5.74) is 1.95. The number of halogens is 4. The van der Waals surface area contributed by atoms with E-state index in [1.54, 1.807) is 24.3 Å². The zero-order chi connectivity index (χ0) is 21.0. The number of hydrogen-bond donors (Lipinski definition) is 2. The van der Waals surface area contributed by atoms with Gasteiger partial charge in [-0.05, 0) is 48.5 Å². The van der Waals surface area contributed by atoms with Gasteiger partial charge in [0.05, 0.1) is 21.3 Å². The van der Waals surface area contributed by atoms with Crippen LogP contribution in [0.2, 0.25) is 15.1 Å². The van der Waals surface area contributed by atoms with E-state index in [0.29, 0.717) is 27.0 Å². The average molecular weight is 455 g/mol. The van der Waals surface area contributed by atoms with Crippen LogP contribution in [0.3, 0.4) is 0 Å². The molecule has 0 aromatic heterocycles. The molecule has 0 bridgehead atoms. The minimum Gasteiger partial charge on any atom is -0.488 e. The molecule has 0 aliphatic rings. The SMILES string of the molecule is O=C(O)c1ccc(Cl)c(NCc2cc(Cl)ccc2OCc2ccc(F)cc2Cl)c1. The lowest BCUT2D eigenvalue weighted by atomic mass is 10.1. The van der Waals surface area contributed by atoms with E-state index in [0.717, 1.165) is 5.56 Å². The van der Waals surface area contributed by atoms with Crippen LogP contribution in [-0.2, 0) is 13.2 Å². The van der Waals surface area contributed by atoms with Gasteiger partial charge in [-0.2, -0.15) is 0 Å². The predicted octanol–water partition coefficient (Wildman–Crippen LogP) is 6.68.